The molecule has 10 heteroatoms. The van der Waals surface area contributed by atoms with Crippen LogP contribution in [-0.4, -0.2) is 51.6 Å². The van der Waals surface area contributed by atoms with Gasteiger partial charge >= 0.3 is 6.09 Å². The van der Waals surface area contributed by atoms with Crippen molar-refractivity contribution < 1.29 is 29.0 Å². The number of rotatable bonds is 5. The Balaban J connectivity index is 2.15. The van der Waals surface area contributed by atoms with E-state index in [1.807, 2.05) is 0 Å². The van der Waals surface area contributed by atoms with Crippen LogP contribution in [0.5, 0.6) is 0 Å². The van der Waals surface area contributed by atoms with Gasteiger partial charge in [0.25, 0.3) is 5.91 Å². The predicted molar refractivity (Wildman–Crippen MR) is 88.9 cm³/mol. The molecule has 1 aliphatic rings. The normalized spacial score (nSPS) is 20.0. The van der Waals surface area contributed by atoms with Crippen LogP contribution in [0.25, 0.3) is 0 Å². The number of hydrogen-bond donors (Lipinski definition) is 5. The third-order valence-electron chi connectivity index (χ3n) is 3.71. The number of carboxylic acid groups (broad SMARTS) is 1. The molecular formula is C16H19FN4O5. The quantitative estimate of drug-likeness (QED) is 0.455. The van der Waals surface area contributed by atoms with Gasteiger partial charge in [0.2, 0.25) is 5.78 Å². The summed E-state index contributed by atoms with van der Waals surface area (Å²) in [5.41, 5.74) is -0.651. The van der Waals surface area contributed by atoms with E-state index in [0.717, 1.165) is 0 Å². The maximum atomic E-state index is 12.9. The Bertz CT molecular complexity index is 748. The van der Waals surface area contributed by atoms with Gasteiger partial charge in [0.1, 0.15) is 11.7 Å². The minimum atomic E-state index is -1.70. The van der Waals surface area contributed by atoms with E-state index in [1.54, 1.807) is 0 Å². The molecular weight excluding hydrogens is 347 g/mol. The van der Waals surface area contributed by atoms with Crippen LogP contribution in [-0.2, 0) is 16.1 Å². The SMILES string of the molecule is CC(C)(NC(=O)O)C1=NC(C(=O)NCc2ccc(F)cc2)C(=O)C(O)N1. The van der Waals surface area contributed by atoms with Crippen LogP contribution in [0.15, 0.2) is 29.3 Å². The number of amidine groups is 1. The van der Waals surface area contributed by atoms with Crippen molar-refractivity contribution >= 4 is 23.6 Å². The van der Waals surface area contributed by atoms with Crippen LogP contribution < -0.4 is 16.0 Å². The maximum Gasteiger partial charge on any atom is 0.405 e. The van der Waals surface area contributed by atoms with Crippen LogP contribution in [0.3, 0.4) is 0 Å². The van der Waals surface area contributed by atoms with E-state index in [2.05, 4.69) is 20.9 Å². The van der Waals surface area contributed by atoms with Gasteiger partial charge in [-0.05, 0) is 31.5 Å². The lowest BCUT2D eigenvalue weighted by atomic mass is 10.00. The molecule has 0 bridgehead atoms. The van der Waals surface area contributed by atoms with Crippen LogP contribution in [0, 0.1) is 5.82 Å². The second-order valence-corrected chi connectivity index (χ2v) is 6.23. The number of nitrogens with zero attached hydrogens (tertiary/aromatic N) is 1. The molecule has 26 heavy (non-hydrogen) atoms. The number of hydrogen-bond acceptors (Lipinski definition) is 6. The van der Waals surface area contributed by atoms with E-state index >= 15 is 0 Å². The van der Waals surface area contributed by atoms with E-state index in [4.69, 9.17) is 5.11 Å². The summed E-state index contributed by atoms with van der Waals surface area (Å²) in [6, 6.07) is 3.89. The lowest BCUT2D eigenvalue weighted by molar-refractivity contribution is -0.136. The molecule has 0 spiro atoms. The van der Waals surface area contributed by atoms with E-state index < -0.39 is 41.4 Å². The van der Waals surface area contributed by atoms with Gasteiger partial charge in [-0.25, -0.2) is 14.2 Å². The number of aliphatic imine (C=N–C) groups is 1. The molecule has 1 aliphatic heterocycles. The molecule has 9 nitrogen and oxygen atoms in total. The summed E-state index contributed by atoms with van der Waals surface area (Å²) in [7, 11) is 0. The second-order valence-electron chi connectivity index (χ2n) is 6.23. The first-order valence-corrected chi connectivity index (χ1v) is 7.70. The van der Waals surface area contributed by atoms with Crippen molar-refractivity contribution in [3.8, 4) is 0 Å². The first kappa shape index (κ1) is 19.3. The van der Waals surface area contributed by atoms with Crippen LogP contribution in [0.4, 0.5) is 9.18 Å². The first-order chi connectivity index (χ1) is 12.1. The molecule has 0 radical (unpaired) electrons. The van der Waals surface area contributed by atoms with Crippen LogP contribution >= 0.6 is 0 Å². The zero-order valence-corrected chi connectivity index (χ0v) is 14.1. The first-order valence-electron chi connectivity index (χ1n) is 7.70. The lowest BCUT2D eigenvalue weighted by Gasteiger charge is -2.33. The monoisotopic (exact) mass is 366 g/mol. The van der Waals surface area contributed by atoms with Crippen molar-refractivity contribution in [3.63, 3.8) is 0 Å². The number of carbonyl (C=O) groups excluding carboxylic acids is 2. The Morgan fingerprint density at radius 2 is 1.92 bits per heavy atom. The Hall–Kier alpha value is -3.01. The van der Waals surface area contributed by atoms with Gasteiger partial charge in [0.05, 0.1) is 5.54 Å². The Kier molecular flexibility index (Phi) is 5.56. The fourth-order valence-electron chi connectivity index (χ4n) is 2.32. The molecule has 0 saturated heterocycles. The molecule has 1 aromatic rings. The van der Waals surface area contributed by atoms with E-state index in [9.17, 15) is 23.9 Å². The number of halogens is 1. The summed E-state index contributed by atoms with van der Waals surface area (Å²) in [4.78, 5) is 39.2. The molecule has 2 amide bonds. The molecule has 1 heterocycles. The molecule has 0 aliphatic carbocycles. The Morgan fingerprint density at radius 3 is 2.50 bits per heavy atom. The average molecular weight is 366 g/mol. The van der Waals surface area contributed by atoms with Crippen molar-refractivity contribution in [3.05, 3.63) is 35.6 Å². The molecule has 0 fully saturated rings. The fourth-order valence-corrected chi connectivity index (χ4v) is 2.32. The second kappa shape index (κ2) is 7.48. The van der Waals surface area contributed by atoms with E-state index in [-0.39, 0.29) is 12.4 Å². The van der Waals surface area contributed by atoms with Crippen molar-refractivity contribution in [1.82, 2.24) is 16.0 Å². The minimum absolute atomic E-state index is 0.0358. The highest BCUT2D eigenvalue weighted by molar-refractivity contribution is 6.13. The number of carbonyl (C=O) groups is 3. The smallest absolute Gasteiger partial charge is 0.405 e. The Morgan fingerprint density at radius 1 is 1.31 bits per heavy atom. The molecule has 2 unspecified atom stereocenters. The summed E-state index contributed by atoms with van der Waals surface area (Å²) in [6.07, 6.45) is -3.03. The summed E-state index contributed by atoms with van der Waals surface area (Å²) >= 11 is 0. The van der Waals surface area contributed by atoms with Gasteiger partial charge in [-0.2, -0.15) is 0 Å². The van der Waals surface area contributed by atoms with Gasteiger partial charge in [-0.15, -0.1) is 0 Å². The summed E-state index contributed by atoms with van der Waals surface area (Å²) in [5.74, 6) is -2.09. The van der Waals surface area contributed by atoms with E-state index in [0.29, 0.717) is 5.56 Å². The van der Waals surface area contributed by atoms with Gasteiger partial charge in [-0.1, -0.05) is 12.1 Å². The number of benzene rings is 1. The van der Waals surface area contributed by atoms with Crippen LogP contribution in [0.2, 0.25) is 0 Å². The molecule has 0 saturated carbocycles. The molecule has 140 valence electrons. The molecule has 0 aromatic heterocycles. The summed E-state index contributed by atoms with van der Waals surface area (Å²) in [6.45, 7) is 2.96. The van der Waals surface area contributed by atoms with Crippen molar-refractivity contribution in [2.45, 2.75) is 38.2 Å². The topological polar surface area (TPSA) is 140 Å². The molecule has 5 N–H and O–H groups in total. The van der Waals surface area contributed by atoms with Crippen molar-refractivity contribution in [2.75, 3.05) is 0 Å². The number of aliphatic hydroxyl groups excluding tert-OH is 1. The maximum absolute atomic E-state index is 12.9. The number of ketones is 1. The van der Waals surface area contributed by atoms with Crippen molar-refractivity contribution in [2.24, 2.45) is 4.99 Å². The van der Waals surface area contributed by atoms with E-state index in [1.165, 1.54) is 38.1 Å². The molecule has 2 atom stereocenters. The lowest BCUT2D eigenvalue weighted by Crippen LogP contribution is -2.63. The number of amides is 2. The summed E-state index contributed by atoms with van der Waals surface area (Å²) in [5, 5.41) is 25.8. The average Bonchev–Trinajstić information content (AvgIpc) is 2.55. The van der Waals surface area contributed by atoms with Gasteiger partial charge in [-0.3, -0.25) is 9.59 Å². The highest BCUT2D eigenvalue weighted by Crippen LogP contribution is 2.13. The van der Waals surface area contributed by atoms with Crippen molar-refractivity contribution in [1.29, 1.82) is 0 Å². The van der Waals surface area contributed by atoms with Gasteiger partial charge < -0.3 is 26.2 Å². The number of nitrogens with one attached hydrogen (secondary N) is 3. The standard InChI is InChI=1S/C16H19FN4O5/c1-16(2,21-15(25)26)14-19-10(11(22)13(24)20-14)12(23)18-7-8-3-5-9(17)6-4-8/h3-6,10,13,21,24H,7H2,1-2H3,(H,18,23)(H,19,20)(H,25,26). The third kappa shape index (κ3) is 4.54. The van der Waals surface area contributed by atoms with Gasteiger partial charge in [0, 0.05) is 6.54 Å². The molecule has 2 rings (SSSR count). The van der Waals surface area contributed by atoms with Gasteiger partial charge in [0.15, 0.2) is 12.3 Å². The largest absolute Gasteiger partial charge is 0.465 e. The third-order valence-corrected chi connectivity index (χ3v) is 3.71. The zero-order valence-electron chi connectivity index (χ0n) is 14.1. The predicted octanol–water partition coefficient (Wildman–Crippen LogP) is -0.254. The zero-order chi connectivity index (χ0) is 19.5. The number of Topliss-reactive ketones (excluding diaryl/α,β-unsaturated/α-hetero) is 1. The number of aliphatic hydroxyl groups is 1. The highest BCUT2D eigenvalue weighted by atomic mass is 19.1. The fraction of sp³-hybridized carbons (Fsp3) is 0.375. The van der Waals surface area contributed by atoms with Crippen LogP contribution in [0.1, 0.15) is 19.4 Å². The Labute approximate surface area is 148 Å². The minimum Gasteiger partial charge on any atom is -0.465 e. The summed E-state index contributed by atoms with van der Waals surface area (Å²) < 4.78 is 12.9. The highest BCUT2D eigenvalue weighted by Gasteiger charge is 2.40. The molecule has 1 aromatic carbocycles.